The highest BCUT2D eigenvalue weighted by atomic mass is 127. The summed E-state index contributed by atoms with van der Waals surface area (Å²) in [7, 11) is 0. The Morgan fingerprint density at radius 2 is 2.06 bits per heavy atom. The number of rotatable bonds is 3. The number of nitrogens with two attached hydrogens (primary N) is 1. The molecule has 0 atom stereocenters. The van der Waals surface area contributed by atoms with Gasteiger partial charge in [-0.1, -0.05) is 12.1 Å². The van der Waals surface area contributed by atoms with E-state index in [9.17, 15) is 0 Å². The number of pyridine rings is 1. The highest BCUT2D eigenvalue weighted by Crippen LogP contribution is 2.20. The van der Waals surface area contributed by atoms with E-state index in [2.05, 4.69) is 27.6 Å². The van der Waals surface area contributed by atoms with E-state index in [0.29, 0.717) is 12.4 Å². The van der Waals surface area contributed by atoms with Crippen LogP contribution in [0.25, 0.3) is 0 Å². The van der Waals surface area contributed by atoms with Crippen LogP contribution in [0.5, 0.6) is 5.75 Å². The van der Waals surface area contributed by atoms with Crippen molar-refractivity contribution < 1.29 is 4.74 Å². The second-order valence-corrected chi connectivity index (χ2v) is 4.47. The number of hydrogen-bond acceptors (Lipinski definition) is 3. The number of benzene rings is 1. The van der Waals surface area contributed by atoms with Crippen molar-refractivity contribution in [3.8, 4) is 5.75 Å². The summed E-state index contributed by atoms with van der Waals surface area (Å²) in [6, 6.07) is 11.6. The Balaban J connectivity index is 2.05. The van der Waals surface area contributed by atoms with Crippen molar-refractivity contribution in [2.24, 2.45) is 0 Å². The van der Waals surface area contributed by atoms with E-state index in [1.165, 1.54) is 0 Å². The fourth-order valence-electron chi connectivity index (χ4n) is 1.31. The molecule has 0 saturated carbocycles. The minimum atomic E-state index is 0.507. The number of halogens is 1. The van der Waals surface area contributed by atoms with Crippen LogP contribution >= 0.6 is 22.6 Å². The van der Waals surface area contributed by atoms with Gasteiger partial charge in [0.15, 0.2) is 0 Å². The number of anilines is 1. The van der Waals surface area contributed by atoms with Crippen LogP contribution in [0.3, 0.4) is 0 Å². The second-order valence-electron chi connectivity index (χ2n) is 3.31. The van der Waals surface area contributed by atoms with Crippen molar-refractivity contribution in [1.29, 1.82) is 0 Å². The summed E-state index contributed by atoms with van der Waals surface area (Å²) in [6.45, 7) is 0.507. The molecule has 82 valence electrons. The minimum absolute atomic E-state index is 0.507. The molecule has 2 aromatic rings. The van der Waals surface area contributed by atoms with Gasteiger partial charge in [-0.2, -0.15) is 0 Å². The van der Waals surface area contributed by atoms with E-state index in [0.717, 1.165) is 14.9 Å². The van der Waals surface area contributed by atoms with Crippen molar-refractivity contribution in [2.45, 2.75) is 6.61 Å². The van der Waals surface area contributed by atoms with Crippen molar-refractivity contribution in [3.05, 3.63) is 51.7 Å². The maximum absolute atomic E-state index is 5.69. The molecule has 0 fully saturated rings. The third kappa shape index (κ3) is 2.85. The normalized spacial score (nSPS) is 10.1. The molecule has 0 spiro atoms. The molecule has 2 N–H and O–H groups in total. The Morgan fingerprint density at radius 1 is 1.25 bits per heavy atom. The van der Waals surface area contributed by atoms with Gasteiger partial charge < -0.3 is 10.5 Å². The number of hydrogen-bond donors (Lipinski definition) is 1. The van der Waals surface area contributed by atoms with Crippen LogP contribution < -0.4 is 10.5 Å². The number of nitrogens with zero attached hydrogens (tertiary/aromatic N) is 1. The summed E-state index contributed by atoms with van der Waals surface area (Å²) >= 11 is 2.25. The molecule has 0 aliphatic carbocycles. The molecule has 0 aliphatic rings. The Bertz CT molecular complexity index is 488. The third-order valence-corrected chi connectivity index (χ3v) is 2.97. The summed E-state index contributed by atoms with van der Waals surface area (Å²) in [5, 5.41) is 0. The van der Waals surface area contributed by atoms with Gasteiger partial charge in [0.1, 0.15) is 18.2 Å². The highest BCUT2D eigenvalue weighted by molar-refractivity contribution is 14.1. The lowest BCUT2D eigenvalue weighted by Crippen LogP contribution is -1.98. The first-order valence-electron chi connectivity index (χ1n) is 4.83. The molecule has 0 radical (unpaired) electrons. The van der Waals surface area contributed by atoms with Crippen LogP contribution in [-0.4, -0.2) is 4.98 Å². The molecule has 2 rings (SSSR count). The standard InChI is InChI=1S/C12H11IN2O/c13-10-3-1-2-4-11(10)16-8-9-5-6-15-12(14)7-9/h1-7H,8H2,(H2,14,15). The van der Waals surface area contributed by atoms with Gasteiger partial charge in [0.25, 0.3) is 0 Å². The van der Waals surface area contributed by atoms with E-state index in [1.807, 2.05) is 36.4 Å². The van der Waals surface area contributed by atoms with E-state index in [-0.39, 0.29) is 0 Å². The van der Waals surface area contributed by atoms with Gasteiger partial charge in [-0.25, -0.2) is 4.98 Å². The largest absolute Gasteiger partial charge is 0.488 e. The first kappa shape index (κ1) is 11.2. The molecule has 4 heteroatoms. The third-order valence-electron chi connectivity index (χ3n) is 2.08. The molecular formula is C12H11IN2O. The van der Waals surface area contributed by atoms with Crippen LogP contribution in [0.15, 0.2) is 42.6 Å². The Morgan fingerprint density at radius 3 is 2.81 bits per heavy atom. The zero-order chi connectivity index (χ0) is 11.4. The lowest BCUT2D eigenvalue weighted by Gasteiger charge is -2.07. The predicted molar refractivity (Wildman–Crippen MR) is 72.1 cm³/mol. The molecule has 1 aromatic heterocycles. The molecule has 1 aromatic carbocycles. The second kappa shape index (κ2) is 5.16. The molecule has 0 amide bonds. The fourth-order valence-corrected chi connectivity index (χ4v) is 1.85. The Hall–Kier alpha value is -1.30. The van der Waals surface area contributed by atoms with E-state index >= 15 is 0 Å². The summed E-state index contributed by atoms with van der Waals surface area (Å²) in [4.78, 5) is 3.93. The molecule has 1 heterocycles. The average molecular weight is 326 g/mol. The summed E-state index contributed by atoms with van der Waals surface area (Å²) in [5.74, 6) is 1.40. The molecule has 0 aliphatic heterocycles. The lowest BCUT2D eigenvalue weighted by atomic mass is 10.3. The molecule has 0 unspecified atom stereocenters. The summed E-state index contributed by atoms with van der Waals surface area (Å²) in [6.07, 6.45) is 1.68. The number of para-hydroxylation sites is 1. The lowest BCUT2D eigenvalue weighted by molar-refractivity contribution is 0.304. The average Bonchev–Trinajstić information content (AvgIpc) is 2.28. The van der Waals surface area contributed by atoms with E-state index in [4.69, 9.17) is 10.5 Å². The van der Waals surface area contributed by atoms with Gasteiger partial charge >= 0.3 is 0 Å². The van der Waals surface area contributed by atoms with Crippen LogP contribution in [-0.2, 0) is 6.61 Å². The number of nitrogen functional groups attached to an aromatic ring is 1. The van der Waals surface area contributed by atoms with Gasteiger partial charge in [0.05, 0.1) is 3.57 Å². The monoisotopic (exact) mass is 326 g/mol. The van der Waals surface area contributed by atoms with Crippen LogP contribution in [0, 0.1) is 3.57 Å². The first-order chi connectivity index (χ1) is 7.75. The Labute approximate surface area is 108 Å². The van der Waals surface area contributed by atoms with Crippen LogP contribution in [0.2, 0.25) is 0 Å². The maximum atomic E-state index is 5.69. The SMILES string of the molecule is Nc1cc(COc2ccccc2I)ccn1. The molecule has 0 saturated heterocycles. The number of ether oxygens (including phenoxy) is 1. The molecular weight excluding hydrogens is 315 g/mol. The van der Waals surface area contributed by atoms with E-state index in [1.54, 1.807) is 6.20 Å². The van der Waals surface area contributed by atoms with Gasteiger partial charge in [-0.15, -0.1) is 0 Å². The quantitative estimate of drug-likeness (QED) is 0.883. The van der Waals surface area contributed by atoms with Crippen molar-refractivity contribution >= 4 is 28.4 Å². The molecule has 0 bridgehead atoms. The van der Waals surface area contributed by atoms with Gasteiger partial charge in [0, 0.05) is 6.20 Å². The first-order valence-corrected chi connectivity index (χ1v) is 5.91. The predicted octanol–water partition coefficient (Wildman–Crippen LogP) is 2.85. The smallest absolute Gasteiger partial charge is 0.133 e. The van der Waals surface area contributed by atoms with Crippen molar-refractivity contribution in [2.75, 3.05) is 5.73 Å². The molecule has 3 nitrogen and oxygen atoms in total. The maximum Gasteiger partial charge on any atom is 0.133 e. The molecule has 16 heavy (non-hydrogen) atoms. The zero-order valence-electron chi connectivity index (χ0n) is 8.56. The highest BCUT2D eigenvalue weighted by Gasteiger charge is 2.00. The number of aromatic nitrogens is 1. The van der Waals surface area contributed by atoms with Gasteiger partial charge in [-0.05, 0) is 52.4 Å². The topological polar surface area (TPSA) is 48.1 Å². The van der Waals surface area contributed by atoms with Crippen molar-refractivity contribution in [3.63, 3.8) is 0 Å². The van der Waals surface area contributed by atoms with Gasteiger partial charge in [-0.3, -0.25) is 0 Å². The summed E-state index contributed by atoms with van der Waals surface area (Å²) in [5.41, 5.74) is 6.61. The summed E-state index contributed by atoms with van der Waals surface area (Å²) < 4.78 is 6.79. The van der Waals surface area contributed by atoms with Gasteiger partial charge in [0.2, 0.25) is 0 Å². The van der Waals surface area contributed by atoms with E-state index < -0.39 is 0 Å². The fraction of sp³-hybridized carbons (Fsp3) is 0.0833. The van der Waals surface area contributed by atoms with Crippen LogP contribution in [0.4, 0.5) is 5.82 Å². The minimum Gasteiger partial charge on any atom is -0.488 e. The zero-order valence-corrected chi connectivity index (χ0v) is 10.7. The van der Waals surface area contributed by atoms with Crippen molar-refractivity contribution in [1.82, 2.24) is 4.98 Å². The Kier molecular flexibility index (Phi) is 3.61. The van der Waals surface area contributed by atoms with Crippen LogP contribution in [0.1, 0.15) is 5.56 Å².